The summed E-state index contributed by atoms with van der Waals surface area (Å²) in [5, 5.41) is 21.2. The maximum atomic E-state index is 10.7. The average Bonchev–Trinajstić information content (AvgIpc) is 2.84. The number of nitrogens with one attached hydrogen (secondary N) is 2. The van der Waals surface area contributed by atoms with E-state index in [-0.39, 0.29) is 12.4 Å². The second kappa shape index (κ2) is 4.50. The molecular formula is C9H11N3O3S. The molecule has 2 rings (SSSR count). The fourth-order valence-electron chi connectivity index (χ4n) is 1.19. The van der Waals surface area contributed by atoms with E-state index in [0.717, 1.165) is 10.6 Å². The molecule has 0 aromatic carbocycles. The summed E-state index contributed by atoms with van der Waals surface area (Å²) in [5.41, 5.74) is 1.16. The van der Waals surface area contributed by atoms with Gasteiger partial charge in [0.05, 0.1) is 11.5 Å². The molecular weight excluding hydrogens is 230 g/mol. The Morgan fingerprint density at radius 2 is 2.56 bits per heavy atom. The Morgan fingerprint density at radius 3 is 3.12 bits per heavy atom. The lowest BCUT2D eigenvalue weighted by Crippen LogP contribution is -2.11. The van der Waals surface area contributed by atoms with Crippen molar-refractivity contribution in [2.24, 2.45) is 0 Å². The first-order chi connectivity index (χ1) is 7.65. The lowest BCUT2D eigenvalue weighted by Gasteiger charge is -2.06. The van der Waals surface area contributed by atoms with Crippen molar-refractivity contribution in [3.05, 3.63) is 33.5 Å². The Morgan fingerprint density at radius 1 is 1.75 bits per heavy atom. The van der Waals surface area contributed by atoms with Crippen LogP contribution in [-0.2, 0) is 0 Å². The van der Waals surface area contributed by atoms with E-state index >= 15 is 0 Å². The third kappa shape index (κ3) is 2.50. The van der Waals surface area contributed by atoms with Crippen molar-refractivity contribution in [3.8, 4) is 0 Å². The summed E-state index contributed by atoms with van der Waals surface area (Å²) in [5.74, 6) is -0.674. The number of anilines is 1. The zero-order chi connectivity index (χ0) is 11.5. The number of aliphatic hydroxyl groups is 1. The van der Waals surface area contributed by atoms with Crippen molar-refractivity contribution < 1.29 is 9.52 Å². The maximum Gasteiger partial charge on any atom is 0.434 e. The van der Waals surface area contributed by atoms with Gasteiger partial charge in [-0.1, -0.05) is 0 Å². The summed E-state index contributed by atoms with van der Waals surface area (Å²) < 4.78 is 4.63. The van der Waals surface area contributed by atoms with E-state index in [2.05, 4.69) is 19.9 Å². The molecule has 0 saturated heterocycles. The molecule has 0 fully saturated rings. The molecule has 0 amide bonds. The maximum absolute atomic E-state index is 10.7. The topological polar surface area (TPSA) is 91.1 Å². The standard InChI is InChI=1S/C9H11N3O3S/c1-5-2-7(16-4-5)10-3-6(13)8-11-12-9(14)15-8/h2,4,6,10,13H,3H2,1H3,(H,12,14). The fraction of sp³-hybridized carbons (Fsp3) is 0.333. The quantitative estimate of drug-likeness (QED) is 0.739. The van der Waals surface area contributed by atoms with E-state index in [1.807, 2.05) is 18.4 Å². The van der Waals surface area contributed by atoms with Gasteiger partial charge < -0.3 is 14.8 Å². The van der Waals surface area contributed by atoms with Crippen molar-refractivity contribution in [2.45, 2.75) is 13.0 Å². The van der Waals surface area contributed by atoms with Gasteiger partial charge in [-0.3, -0.25) is 0 Å². The lowest BCUT2D eigenvalue weighted by atomic mass is 10.3. The second-order valence-electron chi connectivity index (χ2n) is 3.34. The van der Waals surface area contributed by atoms with Crippen LogP contribution >= 0.6 is 11.3 Å². The summed E-state index contributed by atoms with van der Waals surface area (Å²) in [6, 6.07) is 1.97. The van der Waals surface area contributed by atoms with Gasteiger partial charge in [0.1, 0.15) is 6.10 Å². The number of H-pyrrole nitrogens is 1. The van der Waals surface area contributed by atoms with Gasteiger partial charge >= 0.3 is 5.76 Å². The smallest absolute Gasteiger partial charge is 0.390 e. The number of rotatable bonds is 4. The first-order valence-electron chi connectivity index (χ1n) is 4.67. The van der Waals surface area contributed by atoms with Crippen LogP contribution in [0.5, 0.6) is 0 Å². The molecule has 0 radical (unpaired) electrons. The molecule has 2 heterocycles. The molecule has 0 saturated carbocycles. The second-order valence-corrected chi connectivity index (χ2v) is 4.25. The van der Waals surface area contributed by atoms with Crippen LogP contribution in [0.3, 0.4) is 0 Å². The lowest BCUT2D eigenvalue weighted by molar-refractivity contribution is 0.154. The Kier molecular flexibility index (Phi) is 3.07. The summed E-state index contributed by atoms with van der Waals surface area (Å²) in [4.78, 5) is 10.7. The molecule has 0 bridgehead atoms. The zero-order valence-corrected chi connectivity index (χ0v) is 9.37. The molecule has 6 nitrogen and oxygen atoms in total. The minimum atomic E-state index is -0.943. The van der Waals surface area contributed by atoms with Gasteiger partial charge in [0.2, 0.25) is 5.89 Å². The van der Waals surface area contributed by atoms with Crippen molar-refractivity contribution in [2.75, 3.05) is 11.9 Å². The van der Waals surface area contributed by atoms with Crippen molar-refractivity contribution >= 4 is 16.3 Å². The monoisotopic (exact) mass is 241 g/mol. The van der Waals surface area contributed by atoms with Gasteiger partial charge in [-0.25, -0.2) is 9.89 Å². The number of nitrogens with zero attached hydrogens (tertiary/aromatic N) is 1. The van der Waals surface area contributed by atoms with Crippen molar-refractivity contribution in [3.63, 3.8) is 0 Å². The normalized spacial score (nSPS) is 12.6. The molecule has 1 unspecified atom stereocenters. The van der Waals surface area contributed by atoms with E-state index < -0.39 is 11.9 Å². The van der Waals surface area contributed by atoms with Crippen LogP contribution in [0.4, 0.5) is 5.00 Å². The van der Waals surface area contributed by atoms with E-state index in [9.17, 15) is 9.90 Å². The number of hydrogen-bond acceptors (Lipinski definition) is 6. The van der Waals surface area contributed by atoms with Crippen molar-refractivity contribution in [1.29, 1.82) is 0 Å². The van der Waals surface area contributed by atoms with E-state index in [1.54, 1.807) is 11.3 Å². The minimum Gasteiger partial charge on any atom is -0.390 e. The highest BCUT2D eigenvalue weighted by atomic mass is 32.1. The van der Waals surface area contributed by atoms with Gasteiger partial charge in [0.25, 0.3) is 0 Å². The van der Waals surface area contributed by atoms with Crippen LogP contribution in [0.1, 0.15) is 17.6 Å². The number of thiophene rings is 1. The third-order valence-electron chi connectivity index (χ3n) is 1.94. The molecule has 2 aromatic heterocycles. The predicted molar refractivity (Wildman–Crippen MR) is 59.6 cm³/mol. The summed E-state index contributed by atoms with van der Waals surface area (Å²) in [6.07, 6.45) is -0.943. The highest BCUT2D eigenvalue weighted by molar-refractivity contribution is 7.14. The van der Waals surface area contributed by atoms with Gasteiger partial charge in [-0.15, -0.1) is 16.4 Å². The Hall–Kier alpha value is -1.60. The summed E-state index contributed by atoms with van der Waals surface area (Å²) >= 11 is 1.55. The molecule has 1 atom stereocenters. The number of aromatic nitrogens is 2. The van der Waals surface area contributed by atoms with Gasteiger partial charge in [-0.2, -0.15) is 0 Å². The number of aromatic amines is 1. The van der Waals surface area contributed by atoms with Crippen LogP contribution in [0.15, 0.2) is 20.7 Å². The Bertz CT molecular complexity index is 516. The first kappa shape index (κ1) is 10.9. The van der Waals surface area contributed by atoms with Gasteiger partial charge in [0.15, 0.2) is 0 Å². The molecule has 16 heavy (non-hydrogen) atoms. The molecule has 0 aliphatic rings. The van der Waals surface area contributed by atoms with Gasteiger partial charge in [-0.05, 0) is 23.9 Å². The molecule has 0 aliphatic carbocycles. The summed E-state index contributed by atoms with van der Waals surface area (Å²) in [6.45, 7) is 2.23. The van der Waals surface area contributed by atoms with Crippen LogP contribution in [0.2, 0.25) is 0 Å². The Labute approximate surface area is 94.9 Å². The molecule has 7 heteroatoms. The van der Waals surface area contributed by atoms with Crippen LogP contribution in [0.25, 0.3) is 0 Å². The molecule has 86 valence electrons. The summed E-state index contributed by atoms with van der Waals surface area (Å²) in [7, 11) is 0. The third-order valence-corrected chi connectivity index (χ3v) is 2.95. The number of hydrogen-bond donors (Lipinski definition) is 3. The highest BCUT2D eigenvalue weighted by Gasteiger charge is 2.13. The molecule has 0 spiro atoms. The van der Waals surface area contributed by atoms with Crippen LogP contribution in [-0.4, -0.2) is 21.8 Å². The predicted octanol–water partition coefficient (Wildman–Crippen LogP) is 0.878. The minimum absolute atomic E-state index is 0.00854. The van der Waals surface area contributed by atoms with E-state index in [0.29, 0.717) is 0 Å². The zero-order valence-electron chi connectivity index (χ0n) is 8.56. The van der Waals surface area contributed by atoms with Crippen LogP contribution < -0.4 is 11.1 Å². The molecule has 0 aliphatic heterocycles. The number of aliphatic hydroxyl groups excluding tert-OH is 1. The highest BCUT2D eigenvalue weighted by Crippen LogP contribution is 2.20. The van der Waals surface area contributed by atoms with Crippen LogP contribution in [0, 0.1) is 6.92 Å². The molecule has 2 aromatic rings. The average molecular weight is 241 g/mol. The first-order valence-corrected chi connectivity index (χ1v) is 5.55. The fourth-order valence-corrected chi connectivity index (χ4v) is 1.99. The SMILES string of the molecule is Cc1csc(NCC(O)c2n[nH]c(=O)o2)c1. The van der Waals surface area contributed by atoms with Crippen molar-refractivity contribution in [1.82, 2.24) is 10.2 Å². The number of aryl methyl sites for hydroxylation is 1. The van der Waals surface area contributed by atoms with E-state index in [4.69, 9.17) is 0 Å². The Balaban J connectivity index is 1.93. The van der Waals surface area contributed by atoms with Gasteiger partial charge in [0, 0.05) is 0 Å². The van der Waals surface area contributed by atoms with E-state index in [1.165, 1.54) is 0 Å². The molecule has 3 N–H and O–H groups in total. The largest absolute Gasteiger partial charge is 0.434 e.